The Bertz CT molecular complexity index is 677. The second kappa shape index (κ2) is 8.26. The predicted octanol–water partition coefficient (Wildman–Crippen LogP) is 5.46. The highest BCUT2D eigenvalue weighted by molar-refractivity contribution is 6.08. The van der Waals surface area contributed by atoms with Gasteiger partial charge in [0, 0.05) is 10.2 Å². The quantitative estimate of drug-likeness (QED) is 0.622. The van der Waals surface area contributed by atoms with Crippen LogP contribution >= 0.6 is 0 Å². The fraction of sp³-hybridized carbons (Fsp3) is 0.455. The van der Waals surface area contributed by atoms with Crippen LogP contribution in [0.4, 0.5) is 8.78 Å². The molecule has 25 heavy (non-hydrogen) atoms. The van der Waals surface area contributed by atoms with Gasteiger partial charge in [0.25, 0.3) is 0 Å². The van der Waals surface area contributed by atoms with Crippen LogP contribution in [0.25, 0.3) is 11.1 Å². The predicted molar refractivity (Wildman–Crippen MR) is 105 cm³/mol. The average molecular weight is 359 g/mol. The minimum absolute atomic E-state index is 0.0939. The molecule has 0 unspecified atom stereocenters. The van der Waals surface area contributed by atoms with Crippen LogP contribution in [-0.4, -0.2) is 10.2 Å². The number of benzene rings is 2. The first-order chi connectivity index (χ1) is 12.1. The minimum Gasteiger partial charge on any atom is -0.206 e. The molecule has 1 aliphatic rings. The number of hydrogen-bond acceptors (Lipinski definition) is 0. The van der Waals surface area contributed by atoms with E-state index in [9.17, 15) is 8.78 Å². The summed E-state index contributed by atoms with van der Waals surface area (Å²) >= 11 is 0. The molecule has 3 heteroatoms. The van der Waals surface area contributed by atoms with Crippen LogP contribution in [0.1, 0.15) is 43.2 Å². The molecular formula is C22H28F2Si. The van der Waals surface area contributed by atoms with Crippen molar-refractivity contribution in [2.24, 2.45) is 11.8 Å². The van der Waals surface area contributed by atoms with Gasteiger partial charge >= 0.3 is 0 Å². The summed E-state index contributed by atoms with van der Waals surface area (Å²) < 4.78 is 29.0. The van der Waals surface area contributed by atoms with E-state index in [1.54, 1.807) is 12.1 Å². The van der Waals surface area contributed by atoms with Crippen LogP contribution in [0.2, 0.25) is 6.04 Å². The summed E-state index contributed by atoms with van der Waals surface area (Å²) in [6.45, 7) is 1.97. The van der Waals surface area contributed by atoms with Crippen LogP contribution in [0.15, 0.2) is 36.4 Å². The molecule has 0 aromatic heterocycles. The van der Waals surface area contributed by atoms with Gasteiger partial charge in [0.1, 0.15) is 11.6 Å². The fourth-order valence-electron chi connectivity index (χ4n) is 4.07. The highest BCUT2D eigenvalue weighted by atomic mass is 28.1. The molecule has 0 bridgehead atoms. The Kier molecular flexibility index (Phi) is 6.05. The van der Waals surface area contributed by atoms with Gasteiger partial charge in [-0.3, -0.25) is 0 Å². The maximum absolute atomic E-state index is 14.5. The van der Waals surface area contributed by atoms with Crippen molar-refractivity contribution in [1.82, 2.24) is 0 Å². The normalized spacial score (nSPS) is 20.8. The van der Waals surface area contributed by atoms with E-state index in [0.717, 1.165) is 35.8 Å². The smallest absolute Gasteiger partial charge is 0.134 e. The van der Waals surface area contributed by atoms with Crippen LogP contribution in [0, 0.1) is 30.4 Å². The molecule has 2 aromatic carbocycles. The first-order valence-electron chi connectivity index (χ1n) is 9.61. The highest BCUT2D eigenvalue weighted by Crippen LogP contribution is 2.34. The summed E-state index contributed by atoms with van der Waals surface area (Å²) in [4.78, 5) is 0. The van der Waals surface area contributed by atoms with Crippen molar-refractivity contribution in [1.29, 1.82) is 0 Å². The van der Waals surface area contributed by atoms with E-state index in [-0.39, 0.29) is 5.56 Å². The first kappa shape index (κ1) is 18.3. The topological polar surface area (TPSA) is 0 Å². The van der Waals surface area contributed by atoms with E-state index in [1.807, 2.05) is 19.1 Å². The molecule has 134 valence electrons. The van der Waals surface area contributed by atoms with Gasteiger partial charge in [-0.25, -0.2) is 8.78 Å². The van der Waals surface area contributed by atoms with E-state index in [2.05, 4.69) is 0 Å². The minimum atomic E-state index is -0.446. The monoisotopic (exact) mass is 358 g/mol. The van der Waals surface area contributed by atoms with Gasteiger partial charge in [0.05, 0.1) is 5.56 Å². The third-order valence-corrected chi connectivity index (χ3v) is 6.98. The number of halogens is 2. The summed E-state index contributed by atoms with van der Waals surface area (Å²) in [6.07, 6.45) is 7.11. The molecule has 0 N–H and O–H groups in total. The molecule has 0 aliphatic heterocycles. The van der Waals surface area contributed by atoms with Gasteiger partial charge in [-0.05, 0) is 54.9 Å². The van der Waals surface area contributed by atoms with E-state index >= 15 is 0 Å². The lowest BCUT2D eigenvalue weighted by Crippen LogP contribution is -2.14. The summed E-state index contributed by atoms with van der Waals surface area (Å²) in [6, 6.07) is 11.8. The molecule has 0 amide bonds. The van der Waals surface area contributed by atoms with E-state index < -0.39 is 11.6 Å². The molecule has 0 atom stereocenters. The van der Waals surface area contributed by atoms with Crippen molar-refractivity contribution in [2.45, 2.75) is 51.5 Å². The zero-order valence-electron chi connectivity index (χ0n) is 15.3. The van der Waals surface area contributed by atoms with Crippen molar-refractivity contribution in [3.05, 3.63) is 59.2 Å². The van der Waals surface area contributed by atoms with Crippen molar-refractivity contribution >= 4 is 10.2 Å². The molecule has 1 aliphatic carbocycles. The van der Waals surface area contributed by atoms with Crippen molar-refractivity contribution < 1.29 is 8.78 Å². The average Bonchev–Trinajstić information content (AvgIpc) is 2.61. The van der Waals surface area contributed by atoms with Gasteiger partial charge in [-0.15, -0.1) is 0 Å². The maximum Gasteiger partial charge on any atom is 0.134 e. The van der Waals surface area contributed by atoms with Gasteiger partial charge < -0.3 is 0 Å². The summed E-state index contributed by atoms with van der Waals surface area (Å²) in [5.74, 6) is 0.788. The third-order valence-electron chi connectivity index (χ3n) is 5.83. The molecule has 1 saturated carbocycles. The first-order valence-corrected chi connectivity index (χ1v) is 11.0. The zero-order chi connectivity index (χ0) is 17.8. The molecule has 0 nitrogen and oxygen atoms in total. The molecule has 0 radical (unpaired) electrons. The van der Waals surface area contributed by atoms with Crippen molar-refractivity contribution in [3.63, 3.8) is 0 Å². The Balaban J connectivity index is 1.67. The van der Waals surface area contributed by atoms with Gasteiger partial charge in [0.2, 0.25) is 0 Å². The lowest BCUT2D eigenvalue weighted by atomic mass is 9.80. The molecule has 1 fully saturated rings. The Morgan fingerprint density at radius 1 is 0.920 bits per heavy atom. The van der Waals surface area contributed by atoms with Gasteiger partial charge in [-0.1, -0.05) is 61.6 Å². The van der Waals surface area contributed by atoms with Crippen molar-refractivity contribution in [2.75, 3.05) is 0 Å². The lowest BCUT2D eigenvalue weighted by molar-refractivity contribution is 0.278. The van der Waals surface area contributed by atoms with E-state index in [0.29, 0.717) is 5.56 Å². The van der Waals surface area contributed by atoms with Gasteiger partial charge in [-0.2, -0.15) is 0 Å². The number of rotatable bonds is 5. The number of hydrogen-bond donors (Lipinski definition) is 0. The molecule has 0 heterocycles. The molecule has 3 rings (SSSR count). The Morgan fingerprint density at radius 3 is 2.04 bits per heavy atom. The zero-order valence-corrected chi connectivity index (χ0v) is 17.3. The third kappa shape index (κ3) is 4.57. The summed E-state index contributed by atoms with van der Waals surface area (Å²) in [5, 5.41) is 0. The van der Waals surface area contributed by atoms with Crippen molar-refractivity contribution in [3.8, 4) is 11.1 Å². The molecule has 0 saturated heterocycles. The SMILES string of the molecule is Cc1ccc(-c2c(F)cc(CCC3CCC(C[SiH3])CC3)cc2F)cc1. The summed E-state index contributed by atoms with van der Waals surface area (Å²) in [7, 11) is 1.31. The largest absolute Gasteiger partial charge is 0.206 e. The highest BCUT2D eigenvalue weighted by Gasteiger charge is 2.20. The van der Waals surface area contributed by atoms with Crippen LogP contribution in [0.3, 0.4) is 0 Å². The summed E-state index contributed by atoms with van der Waals surface area (Å²) in [5.41, 5.74) is 2.57. The standard InChI is InChI=1S/C22H28F2Si/c1-15-2-10-19(11-3-15)22-20(23)12-18(13-21(22)24)9-6-16-4-7-17(14-25)8-5-16/h2-3,10-13,16-17H,4-9,14H2,1,25H3. The Labute approximate surface area is 153 Å². The van der Waals surface area contributed by atoms with Crippen LogP contribution in [-0.2, 0) is 6.42 Å². The number of aryl methyl sites for hydroxylation is 2. The van der Waals surface area contributed by atoms with E-state index in [4.69, 9.17) is 0 Å². The second-order valence-corrected chi connectivity index (χ2v) is 8.45. The Hall–Kier alpha value is -1.48. The fourth-order valence-corrected chi connectivity index (χ4v) is 4.88. The second-order valence-electron chi connectivity index (χ2n) is 7.63. The van der Waals surface area contributed by atoms with Crippen LogP contribution in [0.5, 0.6) is 0 Å². The molecule has 2 aromatic rings. The van der Waals surface area contributed by atoms with Gasteiger partial charge in [0.15, 0.2) is 0 Å². The van der Waals surface area contributed by atoms with E-state index in [1.165, 1.54) is 54.1 Å². The Morgan fingerprint density at radius 2 is 1.48 bits per heavy atom. The maximum atomic E-state index is 14.5. The lowest BCUT2D eigenvalue weighted by Gasteiger charge is -2.27. The van der Waals surface area contributed by atoms with Crippen LogP contribution < -0.4 is 0 Å². The molecule has 0 spiro atoms. The molecular weight excluding hydrogens is 330 g/mol.